The molecular formula is C17H22ClN3O2. The van der Waals surface area contributed by atoms with Gasteiger partial charge in [0, 0.05) is 18.1 Å². The molecule has 124 valence electrons. The van der Waals surface area contributed by atoms with E-state index in [4.69, 9.17) is 4.74 Å². The Hall–Kier alpha value is -1.85. The van der Waals surface area contributed by atoms with E-state index in [-0.39, 0.29) is 24.4 Å². The Balaban J connectivity index is 0.00000192. The topological polar surface area (TPSA) is 63.2 Å². The summed E-state index contributed by atoms with van der Waals surface area (Å²) in [7, 11) is 0. The number of aromatic nitrogens is 1. The third kappa shape index (κ3) is 4.56. The van der Waals surface area contributed by atoms with Crippen LogP contribution >= 0.6 is 12.4 Å². The second-order valence-electron chi connectivity index (χ2n) is 5.47. The molecule has 0 radical (unpaired) electrons. The van der Waals surface area contributed by atoms with E-state index in [1.807, 2.05) is 30.3 Å². The summed E-state index contributed by atoms with van der Waals surface area (Å²) in [4.78, 5) is 16.2. The van der Waals surface area contributed by atoms with Gasteiger partial charge in [-0.1, -0.05) is 18.2 Å². The zero-order valence-electron chi connectivity index (χ0n) is 13.0. The highest BCUT2D eigenvalue weighted by molar-refractivity contribution is 5.85. The Bertz CT molecular complexity index is 639. The number of amides is 1. The molecule has 2 aromatic rings. The Morgan fingerprint density at radius 2 is 2.22 bits per heavy atom. The minimum absolute atomic E-state index is 0. The van der Waals surface area contributed by atoms with Gasteiger partial charge in [-0.15, -0.1) is 12.4 Å². The van der Waals surface area contributed by atoms with Crippen LogP contribution < -0.4 is 15.4 Å². The number of rotatable bonds is 6. The number of fused-ring (bicyclic) bond motifs is 1. The zero-order chi connectivity index (χ0) is 15.2. The lowest BCUT2D eigenvalue weighted by Gasteiger charge is -2.12. The molecule has 1 aliphatic heterocycles. The molecule has 1 aromatic heterocycles. The molecule has 1 saturated heterocycles. The van der Waals surface area contributed by atoms with E-state index in [2.05, 4.69) is 15.6 Å². The first kappa shape index (κ1) is 17.5. The van der Waals surface area contributed by atoms with Crippen LogP contribution in [0, 0.1) is 0 Å². The van der Waals surface area contributed by atoms with E-state index >= 15 is 0 Å². The zero-order valence-corrected chi connectivity index (χ0v) is 13.8. The number of halogens is 1. The Morgan fingerprint density at radius 3 is 3.04 bits per heavy atom. The number of nitrogens with zero attached hydrogens (tertiary/aromatic N) is 1. The van der Waals surface area contributed by atoms with Crippen molar-refractivity contribution in [3.63, 3.8) is 0 Å². The number of carbonyl (C=O) groups excluding carboxylic acids is 1. The Kier molecular flexibility index (Phi) is 6.62. The first-order chi connectivity index (χ1) is 10.8. The van der Waals surface area contributed by atoms with Crippen molar-refractivity contribution in [2.75, 3.05) is 19.7 Å². The molecule has 1 aromatic carbocycles. The lowest BCUT2D eigenvalue weighted by atomic mass is 10.2. The summed E-state index contributed by atoms with van der Waals surface area (Å²) in [6, 6.07) is 9.83. The molecule has 0 saturated carbocycles. The summed E-state index contributed by atoms with van der Waals surface area (Å²) in [5, 5.41) is 7.21. The monoisotopic (exact) mass is 335 g/mol. The molecule has 1 fully saturated rings. The predicted molar refractivity (Wildman–Crippen MR) is 93.1 cm³/mol. The maximum Gasteiger partial charge on any atom is 0.237 e. The molecule has 5 nitrogen and oxygen atoms in total. The highest BCUT2D eigenvalue weighted by Crippen LogP contribution is 2.22. The SMILES string of the molecule is Cl.O=C(NCCCOc1cccc2cccnc12)[C@@H]1CCCN1. The average Bonchev–Trinajstić information content (AvgIpc) is 3.09. The van der Waals surface area contributed by atoms with Crippen LogP contribution in [0.25, 0.3) is 10.9 Å². The first-order valence-electron chi connectivity index (χ1n) is 7.82. The number of hydrogen-bond donors (Lipinski definition) is 2. The van der Waals surface area contributed by atoms with Crippen molar-refractivity contribution in [2.24, 2.45) is 0 Å². The number of benzene rings is 1. The number of pyridine rings is 1. The van der Waals surface area contributed by atoms with Gasteiger partial charge < -0.3 is 15.4 Å². The molecule has 0 aliphatic carbocycles. The van der Waals surface area contributed by atoms with E-state index in [0.717, 1.165) is 42.5 Å². The summed E-state index contributed by atoms with van der Waals surface area (Å²) in [5.74, 6) is 0.895. The van der Waals surface area contributed by atoms with Gasteiger partial charge in [-0.3, -0.25) is 9.78 Å². The van der Waals surface area contributed by atoms with Gasteiger partial charge in [0.25, 0.3) is 0 Å². The fraction of sp³-hybridized carbons (Fsp3) is 0.412. The summed E-state index contributed by atoms with van der Waals surface area (Å²) in [5.41, 5.74) is 0.879. The molecule has 0 unspecified atom stereocenters. The van der Waals surface area contributed by atoms with Crippen LogP contribution in [0.15, 0.2) is 36.5 Å². The minimum atomic E-state index is -0.0109. The molecule has 23 heavy (non-hydrogen) atoms. The van der Waals surface area contributed by atoms with E-state index in [1.165, 1.54) is 0 Å². The highest BCUT2D eigenvalue weighted by Gasteiger charge is 2.21. The molecule has 2 N–H and O–H groups in total. The molecule has 0 bridgehead atoms. The van der Waals surface area contributed by atoms with Crippen molar-refractivity contribution in [1.29, 1.82) is 0 Å². The number of ether oxygens (including phenoxy) is 1. The second-order valence-corrected chi connectivity index (χ2v) is 5.47. The standard InChI is InChI=1S/C17H21N3O2.ClH/c21-17(14-7-3-9-18-14)20-11-4-12-22-15-8-1-5-13-6-2-10-19-16(13)15;/h1-2,5-6,8,10,14,18H,3-4,7,9,11-12H2,(H,20,21);1H/t14-;/m0./s1. The largest absolute Gasteiger partial charge is 0.491 e. The predicted octanol–water partition coefficient (Wildman–Crippen LogP) is 2.29. The average molecular weight is 336 g/mol. The molecule has 2 heterocycles. The minimum Gasteiger partial charge on any atom is -0.491 e. The normalized spacial score (nSPS) is 16.8. The second kappa shape index (κ2) is 8.70. The van der Waals surface area contributed by atoms with Gasteiger partial charge >= 0.3 is 0 Å². The Morgan fingerprint density at radius 1 is 1.35 bits per heavy atom. The smallest absolute Gasteiger partial charge is 0.237 e. The van der Waals surface area contributed by atoms with Crippen molar-refractivity contribution in [3.05, 3.63) is 36.5 Å². The fourth-order valence-electron chi connectivity index (χ4n) is 2.69. The van der Waals surface area contributed by atoms with E-state index in [9.17, 15) is 4.79 Å². The fourth-order valence-corrected chi connectivity index (χ4v) is 2.69. The van der Waals surface area contributed by atoms with Crippen molar-refractivity contribution < 1.29 is 9.53 Å². The summed E-state index contributed by atoms with van der Waals surface area (Å²) in [6.07, 6.45) is 4.56. The van der Waals surface area contributed by atoms with Crippen LogP contribution in [0.3, 0.4) is 0 Å². The van der Waals surface area contributed by atoms with Gasteiger partial charge in [0.1, 0.15) is 11.3 Å². The summed E-state index contributed by atoms with van der Waals surface area (Å²) >= 11 is 0. The molecular weight excluding hydrogens is 314 g/mol. The lowest BCUT2D eigenvalue weighted by molar-refractivity contribution is -0.122. The third-order valence-electron chi connectivity index (χ3n) is 3.85. The molecule has 6 heteroatoms. The molecule has 0 spiro atoms. The van der Waals surface area contributed by atoms with E-state index in [1.54, 1.807) is 6.20 Å². The van der Waals surface area contributed by atoms with Crippen molar-refractivity contribution >= 4 is 29.2 Å². The van der Waals surface area contributed by atoms with E-state index < -0.39 is 0 Å². The van der Waals surface area contributed by atoms with Crippen LogP contribution in [0.2, 0.25) is 0 Å². The van der Waals surface area contributed by atoms with Gasteiger partial charge in [-0.05, 0) is 37.9 Å². The number of hydrogen-bond acceptors (Lipinski definition) is 4. The molecule has 3 rings (SSSR count). The van der Waals surface area contributed by atoms with Crippen LogP contribution in [-0.4, -0.2) is 36.6 Å². The van der Waals surface area contributed by atoms with Crippen LogP contribution in [-0.2, 0) is 4.79 Å². The number of para-hydroxylation sites is 1. The highest BCUT2D eigenvalue weighted by atomic mass is 35.5. The Labute approximate surface area is 142 Å². The lowest BCUT2D eigenvalue weighted by Crippen LogP contribution is -2.40. The van der Waals surface area contributed by atoms with Crippen molar-refractivity contribution in [2.45, 2.75) is 25.3 Å². The molecule has 1 amide bonds. The first-order valence-corrected chi connectivity index (χ1v) is 7.82. The number of nitrogens with one attached hydrogen (secondary N) is 2. The summed E-state index contributed by atoms with van der Waals surface area (Å²) in [6.45, 7) is 2.14. The van der Waals surface area contributed by atoms with Crippen LogP contribution in [0.4, 0.5) is 0 Å². The van der Waals surface area contributed by atoms with Gasteiger partial charge in [0.15, 0.2) is 0 Å². The van der Waals surface area contributed by atoms with Gasteiger partial charge in [0.05, 0.1) is 12.6 Å². The van der Waals surface area contributed by atoms with Crippen molar-refractivity contribution in [1.82, 2.24) is 15.6 Å². The van der Waals surface area contributed by atoms with Gasteiger partial charge in [-0.25, -0.2) is 0 Å². The third-order valence-corrected chi connectivity index (χ3v) is 3.85. The van der Waals surface area contributed by atoms with Crippen LogP contribution in [0.5, 0.6) is 5.75 Å². The van der Waals surface area contributed by atoms with Gasteiger partial charge in [-0.2, -0.15) is 0 Å². The van der Waals surface area contributed by atoms with E-state index in [0.29, 0.717) is 13.2 Å². The summed E-state index contributed by atoms with van der Waals surface area (Å²) < 4.78 is 5.80. The van der Waals surface area contributed by atoms with Crippen LogP contribution in [0.1, 0.15) is 19.3 Å². The molecule has 1 aliphatic rings. The van der Waals surface area contributed by atoms with Crippen molar-refractivity contribution in [3.8, 4) is 5.75 Å². The molecule has 1 atom stereocenters. The maximum atomic E-state index is 11.8. The number of carbonyl (C=O) groups is 1. The van der Waals surface area contributed by atoms with Gasteiger partial charge in [0.2, 0.25) is 5.91 Å². The quantitative estimate of drug-likeness (QED) is 0.795. The maximum absolute atomic E-state index is 11.8.